The van der Waals surface area contributed by atoms with E-state index in [0.717, 1.165) is 0 Å². The molecule has 0 aromatic heterocycles. The van der Waals surface area contributed by atoms with Crippen molar-refractivity contribution in [2.45, 2.75) is 6.92 Å². The molecule has 140 valence electrons. The van der Waals surface area contributed by atoms with E-state index in [0.29, 0.717) is 17.0 Å². The third kappa shape index (κ3) is 5.63. The van der Waals surface area contributed by atoms with Crippen LogP contribution in [0.5, 0.6) is 5.75 Å². The van der Waals surface area contributed by atoms with Crippen molar-refractivity contribution in [1.29, 1.82) is 0 Å². The molecular weight excluding hydrogens is 352 g/mol. The van der Waals surface area contributed by atoms with Gasteiger partial charge in [-0.1, -0.05) is 12.1 Å². The number of rotatable bonds is 7. The molecule has 0 saturated carbocycles. The Hall–Kier alpha value is -3.75. The second-order valence-corrected chi connectivity index (χ2v) is 5.53. The summed E-state index contributed by atoms with van der Waals surface area (Å²) < 4.78 is 5.03. The van der Waals surface area contributed by atoms with Gasteiger partial charge in [-0.05, 0) is 31.2 Å². The van der Waals surface area contributed by atoms with Gasteiger partial charge in [0.2, 0.25) is 5.91 Å². The van der Waals surface area contributed by atoms with Crippen molar-refractivity contribution < 1.29 is 19.2 Å². The highest BCUT2D eigenvalue weighted by molar-refractivity contribution is 6.06. The van der Waals surface area contributed by atoms with Crippen molar-refractivity contribution in [3.63, 3.8) is 0 Å². The molecule has 2 aromatic rings. The van der Waals surface area contributed by atoms with Crippen molar-refractivity contribution in [1.82, 2.24) is 5.43 Å². The quantitative estimate of drug-likeness (QED) is 0.335. The minimum absolute atomic E-state index is 0.0856. The molecule has 9 nitrogen and oxygen atoms in total. The van der Waals surface area contributed by atoms with E-state index in [4.69, 9.17) is 4.74 Å². The summed E-state index contributed by atoms with van der Waals surface area (Å²) in [5.74, 6) is -1.45. The minimum atomic E-state index is -0.991. The summed E-state index contributed by atoms with van der Waals surface area (Å²) in [4.78, 5) is 34.4. The number of non-ortho nitro benzene ring substituents is 1. The van der Waals surface area contributed by atoms with Crippen molar-refractivity contribution >= 4 is 29.4 Å². The van der Waals surface area contributed by atoms with Gasteiger partial charge in [0.1, 0.15) is 11.7 Å². The number of anilines is 1. The molecule has 0 aliphatic carbocycles. The van der Waals surface area contributed by atoms with E-state index < -0.39 is 22.7 Å². The summed E-state index contributed by atoms with van der Waals surface area (Å²) in [5.41, 5.74) is 3.13. The molecule has 0 bridgehead atoms. The molecule has 9 heteroatoms. The maximum Gasteiger partial charge on any atom is 0.270 e. The molecular formula is C18H18N4O5. The predicted molar refractivity (Wildman–Crippen MR) is 99.6 cm³/mol. The van der Waals surface area contributed by atoms with Crippen LogP contribution in [0.1, 0.15) is 12.5 Å². The van der Waals surface area contributed by atoms with Crippen LogP contribution in [0.4, 0.5) is 11.4 Å². The first kappa shape index (κ1) is 19.6. The molecule has 0 saturated heterocycles. The van der Waals surface area contributed by atoms with Crippen molar-refractivity contribution in [2.24, 2.45) is 11.0 Å². The van der Waals surface area contributed by atoms with Gasteiger partial charge in [0.25, 0.3) is 11.6 Å². The van der Waals surface area contributed by atoms with Gasteiger partial charge in [-0.25, -0.2) is 5.43 Å². The number of nitro groups is 1. The summed E-state index contributed by atoms with van der Waals surface area (Å²) in [6.45, 7) is 1.44. The van der Waals surface area contributed by atoms with Crippen molar-refractivity contribution in [3.05, 3.63) is 64.2 Å². The van der Waals surface area contributed by atoms with Crippen LogP contribution >= 0.6 is 0 Å². The van der Waals surface area contributed by atoms with E-state index in [9.17, 15) is 19.7 Å². The number of hydrazone groups is 1. The van der Waals surface area contributed by atoms with Gasteiger partial charge in [-0.3, -0.25) is 19.7 Å². The molecule has 0 heterocycles. The molecule has 0 spiro atoms. The number of methoxy groups -OCH3 is 1. The van der Waals surface area contributed by atoms with Crippen LogP contribution in [0.15, 0.2) is 53.6 Å². The van der Waals surface area contributed by atoms with Crippen LogP contribution in [0.2, 0.25) is 0 Å². The number of nitro benzene ring substituents is 1. The zero-order chi connectivity index (χ0) is 19.8. The average molecular weight is 370 g/mol. The second kappa shape index (κ2) is 9.09. The number of nitrogens with zero attached hydrogens (tertiary/aromatic N) is 2. The van der Waals surface area contributed by atoms with Crippen LogP contribution in [-0.4, -0.2) is 30.1 Å². The van der Waals surface area contributed by atoms with Crippen LogP contribution in [0.3, 0.4) is 0 Å². The fraction of sp³-hybridized carbons (Fsp3) is 0.167. The highest BCUT2D eigenvalue weighted by atomic mass is 16.6. The zero-order valence-corrected chi connectivity index (χ0v) is 14.7. The first-order chi connectivity index (χ1) is 12.9. The molecule has 0 aliphatic rings. The number of nitrogens with one attached hydrogen (secondary N) is 2. The zero-order valence-electron chi connectivity index (χ0n) is 14.7. The molecule has 0 aliphatic heterocycles. The van der Waals surface area contributed by atoms with E-state index in [-0.39, 0.29) is 5.69 Å². The number of hydrogen-bond donors (Lipinski definition) is 2. The number of carbonyl (C=O) groups excluding carboxylic acids is 2. The third-order valence-corrected chi connectivity index (χ3v) is 3.61. The summed E-state index contributed by atoms with van der Waals surface area (Å²) in [5, 5.41) is 17.1. The maximum atomic E-state index is 12.1. The number of amides is 2. The normalized spacial score (nSPS) is 11.6. The largest absolute Gasteiger partial charge is 0.497 e. The standard InChI is InChI=1S/C18H18N4O5/c1-12(17(23)20-14-6-8-16(27-2)9-7-14)18(24)21-19-11-13-4-3-5-15(10-13)22(25)26/h3-12H,1-2H3,(H,20,23)(H,21,24). The Kier molecular flexibility index (Phi) is 6.59. The van der Waals surface area contributed by atoms with Gasteiger partial charge in [-0.15, -0.1) is 0 Å². The van der Waals surface area contributed by atoms with E-state index in [2.05, 4.69) is 15.8 Å². The molecule has 0 fully saturated rings. The first-order valence-corrected chi connectivity index (χ1v) is 7.93. The fourth-order valence-electron chi connectivity index (χ4n) is 2.03. The van der Waals surface area contributed by atoms with Crippen molar-refractivity contribution in [2.75, 3.05) is 12.4 Å². The lowest BCUT2D eigenvalue weighted by atomic mass is 10.1. The summed E-state index contributed by atoms with van der Waals surface area (Å²) in [6, 6.07) is 12.4. The maximum absolute atomic E-state index is 12.1. The van der Waals surface area contributed by atoms with E-state index >= 15 is 0 Å². The Morgan fingerprint density at radius 3 is 2.52 bits per heavy atom. The average Bonchev–Trinajstić information content (AvgIpc) is 2.68. The topological polar surface area (TPSA) is 123 Å². The van der Waals surface area contributed by atoms with Gasteiger partial charge < -0.3 is 10.1 Å². The Morgan fingerprint density at radius 1 is 1.19 bits per heavy atom. The third-order valence-electron chi connectivity index (χ3n) is 3.61. The van der Waals surface area contributed by atoms with Crippen LogP contribution < -0.4 is 15.5 Å². The van der Waals surface area contributed by atoms with Gasteiger partial charge >= 0.3 is 0 Å². The Morgan fingerprint density at radius 2 is 1.89 bits per heavy atom. The minimum Gasteiger partial charge on any atom is -0.497 e. The monoisotopic (exact) mass is 370 g/mol. The highest BCUT2D eigenvalue weighted by Crippen LogP contribution is 2.16. The molecule has 2 amide bonds. The predicted octanol–water partition coefficient (Wildman–Crippen LogP) is 2.33. The van der Waals surface area contributed by atoms with E-state index in [1.807, 2.05) is 0 Å². The number of ether oxygens (including phenoxy) is 1. The van der Waals surface area contributed by atoms with Crippen LogP contribution in [0, 0.1) is 16.0 Å². The van der Waals surface area contributed by atoms with Crippen LogP contribution in [-0.2, 0) is 9.59 Å². The lowest BCUT2D eigenvalue weighted by Crippen LogP contribution is -2.34. The lowest BCUT2D eigenvalue weighted by Gasteiger charge is -2.11. The van der Waals surface area contributed by atoms with E-state index in [1.165, 1.54) is 38.4 Å². The van der Waals surface area contributed by atoms with Crippen LogP contribution in [0.25, 0.3) is 0 Å². The molecule has 0 radical (unpaired) electrons. The van der Waals surface area contributed by atoms with E-state index in [1.54, 1.807) is 30.3 Å². The molecule has 2 rings (SSSR count). The smallest absolute Gasteiger partial charge is 0.270 e. The van der Waals surface area contributed by atoms with Gasteiger partial charge in [0.15, 0.2) is 0 Å². The first-order valence-electron chi connectivity index (χ1n) is 7.93. The Bertz CT molecular complexity index is 864. The summed E-state index contributed by atoms with van der Waals surface area (Å²) >= 11 is 0. The summed E-state index contributed by atoms with van der Waals surface area (Å²) in [6.07, 6.45) is 1.26. The number of benzene rings is 2. The SMILES string of the molecule is COc1ccc(NC(=O)C(C)C(=O)NN=Cc2cccc([N+](=O)[O-])c2)cc1. The highest BCUT2D eigenvalue weighted by Gasteiger charge is 2.21. The molecule has 1 unspecified atom stereocenters. The molecule has 1 atom stereocenters. The lowest BCUT2D eigenvalue weighted by molar-refractivity contribution is -0.384. The molecule has 27 heavy (non-hydrogen) atoms. The molecule has 2 aromatic carbocycles. The number of carbonyl (C=O) groups is 2. The van der Waals surface area contributed by atoms with Gasteiger partial charge in [0.05, 0.1) is 18.2 Å². The Labute approximate surface area is 155 Å². The van der Waals surface area contributed by atoms with Gasteiger partial charge in [0, 0.05) is 23.4 Å². The van der Waals surface area contributed by atoms with Crippen molar-refractivity contribution in [3.8, 4) is 5.75 Å². The van der Waals surface area contributed by atoms with Gasteiger partial charge in [-0.2, -0.15) is 5.10 Å². The molecule has 2 N–H and O–H groups in total. The number of hydrogen-bond acceptors (Lipinski definition) is 6. The fourth-order valence-corrected chi connectivity index (χ4v) is 2.03. The Balaban J connectivity index is 1.91. The summed E-state index contributed by atoms with van der Waals surface area (Å²) in [7, 11) is 1.54. The second-order valence-electron chi connectivity index (χ2n) is 5.53.